The molecule has 5 nitrogen and oxygen atoms in total. The molecule has 116 valence electrons. The SMILES string of the molecule is CCC(CC)NC(=O)CN(CC(=O)O)c1ccc(C)cc1. The molecule has 0 spiro atoms. The van der Waals surface area contributed by atoms with Crippen molar-refractivity contribution in [1.29, 1.82) is 0 Å². The topological polar surface area (TPSA) is 69.6 Å². The van der Waals surface area contributed by atoms with Crippen molar-refractivity contribution in [1.82, 2.24) is 5.32 Å². The van der Waals surface area contributed by atoms with Crippen molar-refractivity contribution in [3.8, 4) is 0 Å². The van der Waals surface area contributed by atoms with Gasteiger partial charge in [0.25, 0.3) is 0 Å². The summed E-state index contributed by atoms with van der Waals surface area (Å²) in [5.41, 5.74) is 1.83. The Labute approximate surface area is 126 Å². The van der Waals surface area contributed by atoms with Gasteiger partial charge in [-0.25, -0.2) is 0 Å². The number of aliphatic carboxylic acids is 1. The lowest BCUT2D eigenvalue weighted by Gasteiger charge is -2.24. The van der Waals surface area contributed by atoms with Crippen LogP contribution in [0.1, 0.15) is 32.3 Å². The van der Waals surface area contributed by atoms with Gasteiger partial charge in [-0.3, -0.25) is 9.59 Å². The molecule has 0 bridgehead atoms. The second-order valence-electron chi connectivity index (χ2n) is 5.17. The van der Waals surface area contributed by atoms with E-state index in [1.54, 1.807) is 4.90 Å². The van der Waals surface area contributed by atoms with Gasteiger partial charge in [0.2, 0.25) is 5.91 Å². The van der Waals surface area contributed by atoms with E-state index in [9.17, 15) is 9.59 Å². The van der Waals surface area contributed by atoms with Gasteiger partial charge in [0.05, 0.1) is 6.54 Å². The van der Waals surface area contributed by atoms with E-state index in [4.69, 9.17) is 5.11 Å². The number of aryl methyl sites for hydroxylation is 1. The highest BCUT2D eigenvalue weighted by Gasteiger charge is 2.16. The van der Waals surface area contributed by atoms with Gasteiger partial charge in [0, 0.05) is 11.7 Å². The van der Waals surface area contributed by atoms with Crippen molar-refractivity contribution in [2.45, 2.75) is 39.7 Å². The number of carboxylic acids is 1. The van der Waals surface area contributed by atoms with Gasteiger partial charge < -0.3 is 15.3 Å². The molecular weight excluding hydrogens is 268 g/mol. The molecular formula is C16H24N2O3. The molecule has 2 N–H and O–H groups in total. The van der Waals surface area contributed by atoms with Gasteiger partial charge in [0.1, 0.15) is 6.54 Å². The molecule has 21 heavy (non-hydrogen) atoms. The molecule has 0 aromatic heterocycles. The fourth-order valence-electron chi connectivity index (χ4n) is 2.10. The Balaban J connectivity index is 2.76. The van der Waals surface area contributed by atoms with Crippen LogP contribution >= 0.6 is 0 Å². The van der Waals surface area contributed by atoms with Crippen LogP contribution in [0.25, 0.3) is 0 Å². The highest BCUT2D eigenvalue weighted by atomic mass is 16.4. The average Bonchev–Trinajstić information content (AvgIpc) is 2.44. The fraction of sp³-hybridized carbons (Fsp3) is 0.500. The van der Waals surface area contributed by atoms with Crippen molar-refractivity contribution in [2.24, 2.45) is 0 Å². The van der Waals surface area contributed by atoms with Crippen LogP contribution in [0.4, 0.5) is 5.69 Å². The third-order valence-electron chi connectivity index (χ3n) is 3.41. The van der Waals surface area contributed by atoms with Gasteiger partial charge in [-0.15, -0.1) is 0 Å². The Kier molecular flexibility index (Phi) is 6.72. The van der Waals surface area contributed by atoms with Crippen LogP contribution in [0.3, 0.4) is 0 Å². The normalized spacial score (nSPS) is 10.5. The van der Waals surface area contributed by atoms with Gasteiger partial charge >= 0.3 is 5.97 Å². The zero-order chi connectivity index (χ0) is 15.8. The largest absolute Gasteiger partial charge is 0.480 e. The molecule has 0 saturated carbocycles. The van der Waals surface area contributed by atoms with Crippen LogP contribution in [0.15, 0.2) is 24.3 Å². The summed E-state index contributed by atoms with van der Waals surface area (Å²) in [7, 11) is 0. The summed E-state index contributed by atoms with van der Waals surface area (Å²) in [5.74, 6) is -1.10. The predicted octanol–water partition coefficient (Wildman–Crippen LogP) is 2.19. The Morgan fingerprint density at radius 1 is 1.14 bits per heavy atom. The van der Waals surface area contributed by atoms with Crippen LogP contribution in [0, 0.1) is 6.92 Å². The molecule has 0 fully saturated rings. The number of hydrogen-bond acceptors (Lipinski definition) is 3. The molecule has 0 atom stereocenters. The summed E-state index contributed by atoms with van der Waals surface area (Å²) >= 11 is 0. The molecule has 1 aromatic rings. The number of hydrogen-bond donors (Lipinski definition) is 2. The maximum Gasteiger partial charge on any atom is 0.323 e. The number of amides is 1. The van der Waals surface area contributed by atoms with E-state index in [-0.39, 0.29) is 25.0 Å². The van der Waals surface area contributed by atoms with Gasteiger partial charge in [-0.05, 0) is 31.9 Å². The molecule has 0 saturated heterocycles. The number of benzene rings is 1. The predicted molar refractivity (Wildman–Crippen MR) is 83.5 cm³/mol. The van der Waals surface area contributed by atoms with Crippen molar-refractivity contribution >= 4 is 17.6 Å². The monoisotopic (exact) mass is 292 g/mol. The second-order valence-corrected chi connectivity index (χ2v) is 5.17. The molecule has 0 heterocycles. The quantitative estimate of drug-likeness (QED) is 0.770. The molecule has 0 unspecified atom stereocenters. The molecule has 1 amide bonds. The summed E-state index contributed by atoms with van der Waals surface area (Å²) in [5, 5.41) is 11.9. The summed E-state index contributed by atoms with van der Waals surface area (Å²) in [6.07, 6.45) is 1.73. The first-order valence-corrected chi connectivity index (χ1v) is 7.29. The molecule has 0 radical (unpaired) electrons. The van der Waals surface area contributed by atoms with Crippen molar-refractivity contribution in [3.63, 3.8) is 0 Å². The maximum atomic E-state index is 12.1. The van der Waals surface area contributed by atoms with E-state index >= 15 is 0 Å². The summed E-state index contributed by atoms with van der Waals surface area (Å²) in [4.78, 5) is 24.6. The van der Waals surface area contributed by atoms with Crippen LogP contribution < -0.4 is 10.2 Å². The van der Waals surface area contributed by atoms with E-state index < -0.39 is 5.97 Å². The standard InChI is InChI=1S/C16H24N2O3/c1-4-13(5-2)17-15(19)10-18(11-16(20)21)14-8-6-12(3)7-9-14/h6-9,13H,4-5,10-11H2,1-3H3,(H,17,19)(H,20,21). The Bertz CT molecular complexity index is 467. The lowest BCUT2D eigenvalue weighted by molar-refractivity contribution is -0.135. The molecule has 1 aromatic carbocycles. The summed E-state index contributed by atoms with van der Waals surface area (Å²) in [6, 6.07) is 7.62. The van der Waals surface area contributed by atoms with E-state index in [1.165, 1.54) is 0 Å². The molecule has 1 rings (SSSR count). The molecule has 0 aliphatic heterocycles. The first-order valence-electron chi connectivity index (χ1n) is 7.29. The van der Waals surface area contributed by atoms with Gasteiger partial charge in [-0.2, -0.15) is 0 Å². The molecule has 0 aliphatic rings. The number of carbonyl (C=O) groups is 2. The minimum atomic E-state index is -0.953. The highest BCUT2D eigenvalue weighted by molar-refractivity contribution is 5.84. The van der Waals surface area contributed by atoms with E-state index in [2.05, 4.69) is 5.32 Å². The van der Waals surface area contributed by atoms with Gasteiger partial charge in [-0.1, -0.05) is 31.5 Å². The number of nitrogens with one attached hydrogen (secondary N) is 1. The number of nitrogens with zero attached hydrogens (tertiary/aromatic N) is 1. The highest BCUT2D eigenvalue weighted by Crippen LogP contribution is 2.14. The zero-order valence-corrected chi connectivity index (χ0v) is 12.9. The Morgan fingerprint density at radius 3 is 2.19 bits per heavy atom. The minimum absolute atomic E-state index is 0.0475. The minimum Gasteiger partial charge on any atom is -0.480 e. The fourth-order valence-corrected chi connectivity index (χ4v) is 2.10. The zero-order valence-electron chi connectivity index (χ0n) is 12.9. The van der Waals surface area contributed by atoms with E-state index in [0.29, 0.717) is 0 Å². The summed E-state index contributed by atoms with van der Waals surface area (Å²) in [6.45, 7) is 5.85. The lowest BCUT2D eigenvalue weighted by atomic mass is 10.1. The third kappa shape index (κ3) is 5.85. The van der Waals surface area contributed by atoms with E-state index in [0.717, 1.165) is 24.1 Å². The van der Waals surface area contributed by atoms with Gasteiger partial charge in [0.15, 0.2) is 0 Å². The van der Waals surface area contributed by atoms with Crippen LogP contribution in [-0.4, -0.2) is 36.1 Å². The first-order chi connectivity index (χ1) is 9.96. The van der Waals surface area contributed by atoms with Crippen LogP contribution in [-0.2, 0) is 9.59 Å². The molecule has 5 heteroatoms. The smallest absolute Gasteiger partial charge is 0.323 e. The number of rotatable bonds is 8. The summed E-state index contributed by atoms with van der Waals surface area (Å²) < 4.78 is 0. The number of carbonyl (C=O) groups excluding carboxylic acids is 1. The maximum absolute atomic E-state index is 12.1. The van der Waals surface area contributed by atoms with Crippen LogP contribution in [0.2, 0.25) is 0 Å². The Morgan fingerprint density at radius 2 is 1.71 bits per heavy atom. The number of anilines is 1. The molecule has 0 aliphatic carbocycles. The third-order valence-corrected chi connectivity index (χ3v) is 3.41. The average molecular weight is 292 g/mol. The van der Waals surface area contributed by atoms with Crippen molar-refractivity contribution < 1.29 is 14.7 Å². The second kappa shape index (κ2) is 8.29. The number of carboxylic acid groups (broad SMARTS) is 1. The Hall–Kier alpha value is -2.04. The van der Waals surface area contributed by atoms with Crippen LogP contribution in [0.5, 0.6) is 0 Å². The van der Waals surface area contributed by atoms with Crippen molar-refractivity contribution in [2.75, 3.05) is 18.0 Å². The van der Waals surface area contributed by atoms with E-state index in [1.807, 2.05) is 45.0 Å². The lowest BCUT2D eigenvalue weighted by Crippen LogP contribution is -2.43. The first kappa shape index (κ1) is 17.0. The van der Waals surface area contributed by atoms with Crippen molar-refractivity contribution in [3.05, 3.63) is 29.8 Å².